The number of nitrogens with zero attached hydrogens (tertiary/aromatic N) is 2. The summed E-state index contributed by atoms with van der Waals surface area (Å²) in [7, 11) is -4.67. The van der Waals surface area contributed by atoms with Crippen molar-refractivity contribution in [1.29, 1.82) is 10.8 Å². The van der Waals surface area contributed by atoms with Crippen LogP contribution < -0.4 is 11.5 Å². The molecular weight excluding hydrogens is 396 g/mol. The smallest absolute Gasteiger partial charge is 0.370 e. The van der Waals surface area contributed by atoms with Crippen LogP contribution in [0.3, 0.4) is 0 Å². The Hall–Kier alpha value is -1.59. The Morgan fingerprint density at radius 2 is 0.862 bits per heavy atom. The van der Waals surface area contributed by atoms with Crippen LogP contribution in [0.15, 0.2) is 0 Å². The number of rotatable bonds is 12. The fourth-order valence-electron chi connectivity index (χ4n) is 2.10. The molecule has 0 fully saturated rings. The minimum atomic E-state index is -4.67. The first-order valence-electron chi connectivity index (χ1n) is 10.3. The van der Waals surface area contributed by atoms with Crippen molar-refractivity contribution in [3.63, 3.8) is 0 Å². The average Bonchev–Trinajstić information content (AvgIpc) is 2.60. The first kappa shape index (κ1) is 32.1. The van der Waals surface area contributed by atoms with Gasteiger partial charge in [0.25, 0.3) is 0 Å². The van der Waals surface area contributed by atoms with Gasteiger partial charge >= 0.3 is 10.4 Å². The molecule has 0 aromatic heterocycles. The van der Waals surface area contributed by atoms with Gasteiger partial charge in [-0.05, 0) is 25.7 Å². The molecule has 0 atom stereocenters. The highest BCUT2D eigenvalue weighted by Gasteiger charge is 2.04. The lowest BCUT2D eigenvalue weighted by Crippen LogP contribution is -2.37. The molecule has 0 aromatic rings. The third-order valence-corrected chi connectivity index (χ3v) is 3.81. The van der Waals surface area contributed by atoms with E-state index in [4.69, 9.17) is 39.8 Å². The van der Waals surface area contributed by atoms with Crippen LogP contribution in [-0.2, 0) is 10.4 Å². The Labute approximate surface area is 177 Å². The summed E-state index contributed by atoms with van der Waals surface area (Å²) in [6.45, 7) is 12.3. The fourth-order valence-corrected chi connectivity index (χ4v) is 2.10. The van der Waals surface area contributed by atoms with Crippen molar-refractivity contribution in [2.24, 2.45) is 11.5 Å². The molecule has 0 heterocycles. The highest BCUT2D eigenvalue weighted by molar-refractivity contribution is 7.79. The van der Waals surface area contributed by atoms with Crippen molar-refractivity contribution in [3.8, 4) is 0 Å². The molecule has 0 unspecified atom stereocenters. The SMILES string of the molecule is CCCCN(CCCC)C(=N)N.CCCCN(CCCC)C(=N)N.O=S(=O)(O)O. The molecule has 0 radical (unpaired) electrons. The molecule has 0 spiro atoms. The largest absolute Gasteiger partial charge is 0.394 e. The van der Waals surface area contributed by atoms with E-state index in [2.05, 4.69) is 27.7 Å². The maximum absolute atomic E-state index is 8.74. The van der Waals surface area contributed by atoms with Gasteiger partial charge in [-0.15, -0.1) is 0 Å². The highest BCUT2D eigenvalue weighted by Crippen LogP contribution is 1.98. The lowest BCUT2D eigenvalue weighted by molar-refractivity contribution is 0.381. The van der Waals surface area contributed by atoms with Crippen molar-refractivity contribution >= 4 is 22.3 Å². The normalized spacial score (nSPS) is 10.1. The molecule has 0 saturated heterocycles. The monoisotopic (exact) mass is 440 g/mol. The van der Waals surface area contributed by atoms with Crippen LogP contribution >= 0.6 is 0 Å². The van der Waals surface area contributed by atoms with Gasteiger partial charge in [-0.3, -0.25) is 19.9 Å². The topological polar surface area (TPSA) is 181 Å². The van der Waals surface area contributed by atoms with Gasteiger partial charge in [0, 0.05) is 26.2 Å². The van der Waals surface area contributed by atoms with Crippen LogP contribution in [0.2, 0.25) is 0 Å². The second-order valence-electron chi connectivity index (χ2n) is 6.61. The van der Waals surface area contributed by atoms with Crippen LogP contribution in [0.25, 0.3) is 0 Å². The third kappa shape index (κ3) is 31.3. The second kappa shape index (κ2) is 21.1. The Bertz CT molecular complexity index is 449. The first-order chi connectivity index (χ1) is 13.4. The molecule has 0 saturated carbocycles. The molecular formula is C18H44N6O4S. The van der Waals surface area contributed by atoms with E-state index in [0.29, 0.717) is 0 Å². The van der Waals surface area contributed by atoms with Gasteiger partial charge in [-0.25, -0.2) is 0 Å². The van der Waals surface area contributed by atoms with Crippen LogP contribution in [0.4, 0.5) is 0 Å². The Balaban J connectivity index is -0.000000380. The van der Waals surface area contributed by atoms with E-state index in [1.807, 2.05) is 9.80 Å². The molecule has 29 heavy (non-hydrogen) atoms. The summed E-state index contributed by atoms with van der Waals surface area (Å²) in [6.07, 6.45) is 9.16. The second-order valence-corrected chi connectivity index (χ2v) is 7.50. The minimum Gasteiger partial charge on any atom is -0.370 e. The average molecular weight is 441 g/mol. The maximum Gasteiger partial charge on any atom is 0.394 e. The number of nitrogens with one attached hydrogen (secondary N) is 2. The van der Waals surface area contributed by atoms with Crippen molar-refractivity contribution < 1.29 is 17.5 Å². The molecule has 8 N–H and O–H groups in total. The van der Waals surface area contributed by atoms with Crippen molar-refractivity contribution in [3.05, 3.63) is 0 Å². The van der Waals surface area contributed by atoms with E-state index < -0.39 is 10.4 Å². The minimum absolute atomic E-state index is 0.219. The molecule has 0 aliphatic heterocycles. The van der Waals surface area contributed by atoms with Crippen molar-refractivity contribution in [2.45, 2.75) is 79.1 Å². The lowest BCUT2D eigenvalue weighted by Gasteiger charge is -2.21. The molecule has 0 aliphatic rings. The number of guanidine groups is 2. The summed E-state index contributed by atoms with van der Waals surface area (Å²) in [5.74, 6) is 0.439. The standard InChI is InChI=1S/2C9H21N3.H2O4S/c2*1-3-5-7-12(9(10)11)8-6-4-2;1-5(2,3)4/h2*3-8H2,1-2H3,(H3,10,11);(H2,1,2,3,4). The summed E-state index contributed by atoms with van der Waals surface area (Å²) < 4.78 is 31.6. The number of nitrogens with two attached hydrogens (primary N) is 2. The molecule has 0 aliphatic carbocycles. The summed E-state index contributed by atoms with van der Waals surface area (Å²) in [5.41, 5.74) is 10.9. The van der Waals surface area contributed by atoms with Gasteiger partial charge in [0.15, 0.2) is 11.9 Å². The predicted octanol–water partition coefficient (Wildman–Crippen LogP) is 2.91. The Kier molecular flexibility index (Phi) is 23.4. The summed E-state index contributed by atoms with van der Waals surface area (Å²) in [5, 5.41) is 14.6. The third-order valence-electron chi connectivity index (χ3n) is 3.81. The Morgan fingerprint density at radius 3 is 0.966 bits per heavy atom. The molecule has 0 aromatic carbocycles. The fraction of sp³-hybridized carbons (Fsp3) is 0.889. The predicted molar refractivity (Wildman–Crippen MR) is 121 cm³/mol. The summed E-state index contributed by atoms with van der Waals surface area (Å²) in [4.78, 5) is 3.90. The number of unbranched alkanes of at least 4 members (excludes halogenated alkanes) is 4. The zero-order chi connectivity index (χ0) is 23.3. The van der Waals surface area contributed by atoms with Gasteiger partial charge in [-0.2, -0.15) is 8.42 Å². The maximum atomic E-state index is 8.74. The Morgan fingerprint density at radius 1 is 0.690 bits per heavy atom. The van der Waals surface area contributed by atoms with Crippen LogP contribution in [0, 0.1) is 10.8 Å². The van der Waals surface area contributed by atoms with E-state index in [0.717, 1.165) is 77.5 Å². The zero-order valence-electron chi connectivity index (χ0n) is 18.7. The first-order valence-corrected chi connectivity index (χ1v) is 11.7. The number of hydrogen-bond acceptors (Lipinski definition) is 4. The van der Waals surface area contributed by atoms with Gasteiger partial charge in [0.05, 0.1) is 0 Å². The van der Waals surface area contributed by atoms with E-state index in [1.165, 1.54) is 0 Å². The lowest BCUT2D eigenvalue weighted by atomic mass is 10.3. The van der Waals surface area contributed by atoms with Gasteiger partial charge in [-0.1, -0.05) is 53.4 Å². The number of hydrogen-bond donors (Lipinski definition) is 6. The molecule has 0 rings (SSSR count). The van der Waals surface area contributed by atoms with E-state index >= 15 is 0 Å². The molecule has 176 valence electrons. The summed E-state index contributed by atoms with van der Waals surface area (Å²) >= 11 is 0. The molecule has 0 bridgehead atoms. The molecule has 11 heteroatoms. The van der Waals surface area contributed by atoms with Crippen LogP contribution in [0.1, 0.15) is 79.1 Å². The van der Waals surface area contributed by atoms with Gasteiger partial charge in [0.1, 0.15) is 0 Å². The highest BCUT2D eigenvalue weighted by atomic mass is 32.3. The van der Waals surface area contributed by atoms with Crippen LogP contribution in [-0.4, -0.2) is 65.4 Å². The van der Waals surface area contributed by atoms with Gasteiger partial charge in [0.2, 0.25) is 0 Å². The van der Waals surface area contributed by atoms with E-state index in [-0.39, 0.29) is 11.9 Å². The van der Waals surface area contributed by atoms with Crippen molar-refractivity contribution in [2.75, 3.05) is 26.2 Å². The van der Waals surface area contributed by atoms with Crippen molar-refractivity contribution in [1.82, 2.24) is 9.80 Å². The quantitative estimate of drug-likeness (QED) is 0.152. The molecule has 0 amide bonds. The summed E-state index contributed by atoms with van der Waals surface area (Å²) in [6, 6.07) is 0. The van der Waals surface area contributed by atoms with E-state index in [1.54, 1.807) is 0 Å². The molecule has 10 nitrogen and oxygen atoms in total. The van der Waals surface area contributed by atoms with Gasteiger partial charge < -0.3 is 21.3 Å². The van der Waals surface area contributed by atoms with E-state index in [9.17, 15) is 0 Å². The zero-order valence-corrected chi connectivity index (χ0v) is 19.5. The van der Waals surface area contributed by atoms with Crippen LogP contribution in [0.5, 0.6) is 0 Å².